The van der Waals surface area contributed by atoms with Gasteiger partial charge >= 0.3 is 0 Å². The molecule has 94 valence electrons. The Morgan fingerprint density at radius 3 is 2.53 bits per heavy atom. The summed E-state index contributed by atoms with van der Waals surface area (Å²) in [6.07, 6.45) is 0.749. The van der Waals surface area contributed by atoms with Crippen molar-refractivity contribution in [3.63, 3.8) is 0 Å². The van der Waals surface area contributed by atoms with Crippen molar-refractivity contribution in [1.82, 2.24) is 5.32 Å². The van der Waals surface area contributed by atoms with Gasteiger partial charge in [0.2, 0.25) is 0 Å². The third-order valence-electron chi connectivity index (χ3n) is 2.15. The van der Waals surface area contributed by atoms with Crippen LogP contribution in [0.15, 0.2) is 12.1 Å². The van der Waals surface area contributed by atoms with Crippen LogP contribution < -0.4 is 11.1 Å². The normalized spacial score (nSPS) is 10.3. The molecule has 0 atom stereocenters. The standard InChI is InChI=1S/C11H14Cl2N2O2/c1-17-4-2-3-15-11(16)7-5-8(12)10(14)9(13)6-7/h5-6H,2-4,14H2,1H3,(H,15,16). The second-order valence-corrected chi connectivity index (χ2v) is 4.27. The topological polar surface area (TPSA) is 64.3 Å². The van der Waals surface area contributed by atoms with E-state index in [0.717, 1.165) is 6.42 Å². The van der Waals surface area contributed by atoms with Crippen LogP contribution in [0.3, 0.4) is 0 Å². The second kappa shape index (κ2) is 6.69. The number of nitrogens with two attached hydrogens (primary N) is 1. The number of hydrogen-bond donors (Lipinski definition) is 2. The van der Waals surface area contributed by atoms with E-state index in [0.29, 0.717) is 18.7 Å². The highest BCUT2D eigenvalue weighted by atomic mass is 35.5. The quantitative estimate of drug-likeness (QED) is 0.641. The summed E-state index contributed by atoms with van der Waals surface area (Å²) in [5, 5.41) is 3.29. The molecule has 0 aliphatic heterocycles. The first-order valence-electron chi connectivity index (χ1n) is 5.08. The van der Waals surface area contributed by atoms with Crippen LogP contribution in [0.4, 0.5) is 5.69 Å². The van der Waals surface area contributed by atoms with Crippen molar-refractivity contribution in [2.45, 2.75) is 6.42 Å². The molecule has 0 saturated carbocycles. The number of nitrogen functional groups attached to an aromatic ring is 1. The van der Waals surface area contributed by atoms with Gasteiger partial charge in [-0.15, -0.1) is 0 Å². The number of amides is 1. The number of ether oxygens (including phenoxy) is 1. The molecular weight excluding hydrogens is 263 g/mol. The molecule has 0 fully saturated rings. The summed E-state index contributed by atoms with van der Waals surface area (Å²) in [7, 11) is 1.61. The largest absolute Gasteiger partial charge is 0.396 e. The van der Waals surface area contributed by atoms with E-state index < -0.39 is 0 Å². The summed E-state index contributed by atoms with van der Waals surface area (Å²) in [6.45, 7) is 1.13. The maximum Gasteiger partial charge on any atom is 0.251 e. The highest BCUT2D eigenvalue weighted by Gasteiger charge is 2.10. The Bertz CT molecular complexity index is 387. The van der Waals surface area contributed by atoms with Gasteiger partial charge in [-0.3, -0.25) is 4.79 Å². The summed E-state index contributed by atoms with van der Waals surface area (Å²) >= 11 is 11.7. The maximum absolute atomic E-state index is 11.7. The summed E-state index contributed by atoms with van der Waals surface area (Å²) in [4.78, 5) is 11.7. The van der Waals surface area contributed by atoms with Crippen molar-refractivity contribution >= 4 is 34.8 Å². The molecule has 0 aliphatic carbocycles. The predicted molar refractivity (Wildman–Crippen MR) is 69.7 cm³/mol. The SMILES string of the molecule is COCCCNC(=O)c1cc(Cl)c(N)c(Cl)c1. The Morgan fingerprint density at radius 2 is 2.00 bits per heavy atom. The first-order chi connectivity index (χ1) is 8.06. The van der Waals surface area contributed by atoms with Crippen LogP contribution in [-0.4, -0.2) is 26.2 Å². The van der Waals surface area contributed by atoms with Gasteiger partial charge in [-0.25, -0.2) is 0 Å². The van der Waals surface area contributed by atoms with Crippen LogP contribution in [0.2, 0.25) is 10.0 Å². The third kappa shape index (κ3) is 4.07. The van der Waals surface area contributed by atoms with Crippen LogP contribution in [0.1, 0.15) is 16.8 Å². The molecular formula is C11H14Cl2N2O2. The average molecular weight is 277 g/mol. The van der Waals surface area contributed by atoms with Crippen LogP contribution in [-0.2, 0) is 4.74 Å². The third-order valence-corrected chi connectivity index (χ3v) is 2.78. The summed E-state index contributed by atoms with van der Waals surface area (Å²) in [5.74, 6) is -0.232. The molecule has 3 N–H and O–H groups in total. The van der Waals surface area contributed by atoms with Crippen LogP contribution in [0.5, 0.6) is 0 Å². The van der Waals surface area contributed by atoms with Gasteiger partial charge in [-0.05, 0) is 18.6 Å². The molecule has 0 unspecified atom stereocenters. The van der Waals surface area contributed by atoms with E-state index >= 15 is 0 Å². The lowest BCUT2D eigenvalue weighted by Crippen LogP contribution is -2.25. The molecule has 1 amide bonds. The summed E-state index contributed by atoms with van der Waals surface area (Å²) < 4.78 is 4.87. The first kappa shape index (κ1) is 14.1. The van der Waals surface area contributed by atoms with E-state index in [1.165, 1.54) is 12.1 Å². The van der Waals surface area contributed by atoms with Gasteiger partial charge in [0.15, 0.2) is 0 Å². The van der Waals surface area contributed by atoms with E-state index in [1.807, 2.05) is 0 Å². The molecule has 17 heavy (non-hydrogen) atoms. The van der Waals surface area contributed by atoms with Gasteiger partial charge in [0, 0.05) is 25.8 Å². The molecule has 0 aliphatic rings. The van der Waals surface area contributed by atoms with E-state index in [-0.39, 0.29) is 21.6 Å². The van der Waals surface area contributed by atoms with Crippen molar-refractivity contribution < 1.29 is 9.53 Å². The molecule has 0 aromatic heterocycles. The van der Waals surface area contributed by atoms with Gasteiger partial charge < -0.3 is 15.8 Å². The smallest absolute Gasteiger partial charge is 0.251 e. The van der Waals surface area contributed by atoms with Crippen molar-refractivity contribution in [2.75, 3.05) is 26.0 Å². The minimum absolute atomic E-state index is 0.232. The minimum Gasteiger partial charge on any atom is -0.396 e. The van der Waals surface area contributed by atoms with E-state index in [2.05, 4.69) is 5.32 Å². The molecule has 1 aromatic rings. The van der Waals surface area contributed by atoms with Crippen molar-refractivity contribution in [2.24, 2.45) is 0 Å². The molecule has 0 spiro atoms. The van der Waals surface area contributed by atoms with Crippen LogP contribution in [0, 0.1) is 0 Å². The fraction of sp³-hybridized carbons (Fsp3) is 0.364. The fourth-order valence-electron chi connectivity index (χ4n) is 1.24. The van der Waals surface area contributed by atoms with Gasteiger partial charge in [0.25, 0.3) is 5.91 Å². The van der Waals surface area contributed by atoms with E-state index in [4.69, 9.17) is 33.7 Å². The van der Waals surface area contributed by atoms with Gasteiger partial charge in [0.05, 0.1) is 15.7 Å². The Hall–Kier alpha value is -0.970. The Kier molecular flexibility index (Phi) is 5.55. The Labute approximate surface area is 110 Å². The lowest BCUT2D eigenvalue weighted by molar-refractivity contribution is 0.0948. The van der Waals surface area contributed by atoms with E-state index in [9.17, 15) is 4.79 Å². The average Bonchev–Trinajstić information content (AvgIpc) is 2.30. The molecule has 0 radical (unpaired) electrons. The zero-order valence-electron chi connectivity index (χ0n) is 9.43. The van der Waals surface area contributed by atoms with Crippen molar-refractivity contribution in [1.29, 1.82) is 0 Å². The number of carbonyl (C=O) groups excluding carboxylic acids is 1. The molecule has 1 aromatic carbocycles. The number of hydrogen-bond acceptors (Lipinski definition) is 3. The summed E-state index contributed by atoms with van der Waals surface area (Å²) in [5.41, 5.74) is 6.26. The van der Waals surface area contributed by atoms with Crippen molar-refractivity contribution in [3.8, 4) is 0 Å². The van der Waals surface area contributed by atoms with Crippen LogP contribution in [0.25, 0.3) is 0 Å². The number of benzene rings is 1. The number of anilines is 1. The molecule has 6 heteroatoms. The predicted octanol–water partition coefficient (Wildman–Crippen LogP) is 2.34. The number of methoxy groups -OCH3 is 1. The zero-order valence-corrected chi connectivity index (χ0v) is 10.9. The number of nitrogens with one attached hydrogen (secondary N) is 1. The zero-order chi connectivity index (χ0) is 12.8. The molecule has 4 nitrogen and oxygen atoms in total. The Morgan fingerprint density at radius 1 is 1.41 bits per heavy atom. The molecule has 0 heterocycles. The second-order valence-electron chi connectivity index (χ2n) is 3.46. The van der Waals surface area contributed by atoms with Crippen molar-refractivity contribution in [3.05, 3.63) is 27.7 Å². The number of carbonyl (C=O) groups is 1. The van der Waals surface area contributed by atoms with Gasteiger partial charge in [0.1, 0.15) is 0 Å². The summed E-state index contributed by atoms with van der Waals surface area (Å²) in [6, 6.07) is 2.99. The molecule has 0 saturated heterocycles. The number of halogens is 2. The molecule has 0 bridgehead atoms. The van der Waals surface area contributed by atoms with E-state index in [1.54, 1.807) is 7.11 Å². The highest BCUT2D eigenvalue weighted by molar-refractivity contribution is 6.39. The van der Waals surface area contributed by atoms with Crippen LogP contribution >= 0.6 is 23.2 Å². The first-order valence-corrected chi connectivity index (χ1v) is 5.83. The lowest BCUT2D eigenvalue weighted by Gasteiger charge is -2.07. The monoisotopic (exact) mass is 276 g/mol. The fourth-order valence-corrected chi connectivity index (χ4v) is 1.72. The lowest BCUT2D eigenvalue weighted by atomic mass is 10.2. The molecule has 1 rings (SSSR count). The number of rotatable bonds is 5. The maximum atomic E-state index is 11.7. The minimum atomic E-state index is -0.232. The highest BCUT2D eigenvalue weighted by Crippen LogP contribution is 2.28. The Balaban J connectivity index is 2.63. The van der Waals surface area contributed by atoms with Gasteiger partial charge in [-0.1, -0.05) is 23.2 Å². The van der Waals surface area contributed by atoms with Gasteiger partial charge in [-0.2, -0.15) is 0 Å².